The molecule has 22 heavy (non-hydrogen) atoms. The molecule has 1 amide bonds. The van der Waals surface area contributed by atoms with Gasteiger partial charge in [0.05, 0.1) is 16.8 Å². The molecule has 2 N–H and O–H groups in total. The van der Waals surface area contributed by atoms with E-state index >= 15 is 0 Å². The van der Waals surface area contributed by atoms with Crippen LogP contribution >= 0.6 is 15.9 Å². The lowest BCUT2D eigenvalue weighted by molar-refractivity contribution is -0.130. The third kappa shape index (κ3) is 1.75. The highest BCUT2D eigenvalue weighted by atomic mass is 79.9. The van der Waals surface area contributed by atoms with Gasteiger partial charge in [-0.05, 0) is 46.3 Å². The van der Waals surface area contributed by atoms with Gasteiger partial charge in [0.25, 0.3) is 0 Å². The van der Waals surface area contributed by atoms with Crippen LogP contribution in [0.5, 0.6) is 0 Å². The van der Waals surface area contributed by atoms with E-state index in [1.54, 1.807) is 0 Å². The van der Waals surface area contributed by atoms with Crippen LogP contribution in [-0.2, 0) is 4.79 Å². The highest BCUT2D eigenvalue weighted by Crippen LogP contribution is 2.71. The third-order valence-electron chi connectivity index (χ3n) is 6.41. The SMILES string of the molecule is CC1(C)[C@]2(C(=O)Nc3ccccc3Br)CC[C@]1(C)/C(=N\O)C2. The molecular formula is C17H21BrN2O2. The van der Waals surface area contributed by atoms with Gasteiger partial charge in [-0.15, -0.1) is 0 Å². The van der Waals surface area contributed by atoms with Gasteiger partial charge in [-0.1, -0.05) is 38.1 Å². The Bertz CT molecular complexity index is 670. The number of para-hydroxylation sites is 1. The van der Waals surface area contributed by atoms with Gasteiger partial charge >= 0.3 is 0 Å². The highest BCUT2D eigenvalue weighted by Gasteiger charge is 2.71. The highest BCUT2D eigenvalue weighted by molar-refractivity contribution is 9.10. The Labute approximate surface area is 139 Å². The summed E-state index contributed by atoms with van der Waals surface area (Å²) in [6.07, 6.45) is 2.23. The van der Waals surface area contributed by atoms with Crippen LogP contribution in [0.25, 0.3) is 0 Å². The number of hydrogen-bond acceptors (Lipinski definition) is 3. The first-order chi connectivity index (χ1) is 10.3. The number of oxime groups is 1. The molecule has 1 aromatic carbocycles. The van der Waals surface area contributed by atoms with Gasteiger partial charge in [0.15, 0.2) is 0 Å². The molecule has 2 atom stereocenters. The Morgan fingerprint density at radius 1 is 1.27 bits per heavy atom. The first kappa shape index (κ1) is 15.5. The Hall–Kier alpha value is -1.36. The number of benzene rings is 1. The van der Waals surface area contributed by atoms with Crippen molar-refractivity contribution in [1.29, 1.82) is 0 Å². The maximum Gasteiger partial charge on any atom is 0.231 e. The van der Waals surface area contributed by atoms with Gasteiger partial charge in [0, 0.05) is 16.3 Å². The van der Waals surface area contributed by atoms with E-state index in [1.165, 1.54) is 0 Å². The van der Waals surface area contributed by atoms with Crippen molar-refractivity contribution in [1.82, 2.24) is 0 Å². The molecular weight excluding hydrogens is 344 g/mol. The van der Waals surface area contributed by atoms with Gasteiger partial charge in [-0.25, -0.2) is 0 Å². The lowest BCUT2D eigenvalue weighted by Gasteiger charge is -2.39. The van der Waals surface area contributed by atoms with E-state index in [4.69, 9.17) is 0 Å². The fraction of sp³-hybridized carbons (Fsp3) is 0.529. The quantitative estimate of drug-likeness (QED) is 0.602. The summed E-state index contributed by atoms with van der Waals surface area (Å²) in [6.45, 7) is 6.36. The predicted octanol–water partition coefficient (Wildman–Crippen LogP) is 4.43. The molecule has 2 fully saturated rings. The molecule has 1 aromatic rings. The van der Waals surface area contributed by atoms with E-state index in [2.05, 4.69) is 47.2 Å². The number of fused-ring (bicyclic) bond motifs is 2. The first-order valence-corrected chi connectivity index (χ1v) is 8.35. The summed E-state index contributed by atoms with van der Waals surface area (Å²) < 4.78 is 0.868. The summed E-state index contributed by atoms with van der Waals surface area (Å²) in [7, 11) is 0. The third-order valence-corrected chi connectivity index (χ3v) is 7.10. The summed E-state index contributed by atoms with van der Waals surface area (Å²) in [4.78, 5) is 13.1. The maximum absolute atomic E-state index is 13.1. The number of amides is 1. The topological polar surface area (TPSA) is 61.7 Å². The fourth-order valence-electron chi connectivity index (χ4n) is 4.34. The molecule has 4 nitrogen and oxygen atoms in total. The van der Waals surface area contributed by atoms with Crippen LogP contribution in [0.15, 0.2) is 33.9 Å². The van der Waals surface area contributed by atoms with Crippen molar-refractivity contribution >= 4 is 33.2 Å². The number of carbonyl (C=O) groups excluding carboxylic acids is 1. The van der Waals surface area contributed by atoms with E-state index < -0.39 is 5.41 Å². The number of hydrogen-bond donors (Lipinski definition) is 2. The van der Waals surface area contributed by atoms with Crippen LogP contribution in [0, 0.1) is 16.2 Å². The largest absolute Gasteiger partial charge is 0.411 e. The van der Waals surface area contributed by atoms with Crippen LogP contribution in [0.3, 0.4) is 0 Å². The summed E-state index contributed by atoms with van der Waals surface area (Å²) in [5, 5.41) is 15.9. The Morgan fingerprint density at radius 2 is 1.95 bits per heavy atom. The number of nitrogens with one attached hydrogen (secondary N) is 1. The number of anilines is 1. The summed E-state index contributed by atoms with van der Waals surface area (Å²) >= 11 is 3.47. The molecule has 2 aliphatic carbocycles. The maximum atomic E-state index is 13.1. The molecule has 0 unspecified atom stereocenters. The van der Waals surface area contributed by atoms with Crippen molar-refractivity contribution in [2.24, 2.45) is 21.4 Å². The van der Waals surface area contributed by atoms with Crippen molar-refractivity contribution in [2.75, 3.05) is 5.32 Å². The Balaban J connectivity index is 1.98. The zero-order valence-corrected chi connectivity index (χ0v) is 14.7. The number of nitrogens with zero attached hydrogens (tertiary/aromatic N) is 1. The summed E-state index contributed by atoms with van der Waals surface area (Å²) in [5.41, 5.74) is 0.560. The molecule has 0 saturated heterocycles. The average Bonchev–Trinajstić information content (AvgIpc) is 2.79. The lowest BCUT2D eigenvalue weighted by Crippen LogP contribution is -2.43. The van der Waals surface area contributed by atoms with E-state index in [0.29, 0.717) is 6.42 Å². The Morgan fingerprint density at radius 3 is 2.55 bits per heavy atom. The Kier molecular flexibility index (Phi) is 3.40. The van der Waals surface area contributed by atoms with Crippen molar-refractivity contribution < 1.29 is 10.0 Å². The molecule has 2 bridgehead atoms. The summed E-state index contributed by atoms with van der Waals surface area (Å²) in [6, 6.07) is 7.61. The van der Waals surface area contributed by atoms with Gasteiger partial charge in [0.1, 0.15) is 0 Å². The van der Waals surface area contributed by atoms with Crippen LogP contribution < -0.4 is 5.32 Å². The predicted molar refractivity (Wildman–Crippen MR) is 90.2 cm³/mol. The number of halogens is 1. The van der Waals surface area contributed by atoms with E-state index in [9.17, 15) is 10.0 Å². The van der Waals surface area contributed by atoms with E-state index in [0.717, 1.165) is 28.7 Å². The van der Waals surface area contributed by atoms with Crippen molar-refractivity contribution in [3.63, 3.8) is 0 Å². The summed E-state index contributed by atoms with van der Waals surface area (Å²) in [5.74, 6) is 0.0202. The minimum absolute atomic E-state index is 0.0202. The second-order valence-corrected chi connectivity index (χ2v) is 8.05. The monoisotopic (exact) mass is 364 g/mol. The second-order valence-electron chi connectivity index (χ2n) is 7.20. The van der Waals surface area contributed by atoms with Gasteiger partial charge in [-0.2, -0.15) is 0 Å². The zero-order valence-electron chi connectivity index (χ0n) is 13.1. The van der Waals surface area contributed by atoms with Gasteiger partial charge in [0.2, 0.25) is 5.91 Å². The van der Waals surface area contributed by atoms with Gasteiger partial charge in [-0.3, -0.25) is 4.79 Å². The van der Waals surface area contributed by atoms with Crippen LogP contribution in [-0.4, -0.2) is 16.8 Å². The van der Waals surface area contributed by atoms with Crippen LogP contribution in [0.1, 0.15) is 40.0 Å². The van der Waals surface area contributed by atoms with Gasteiger partial charge < -0.3 is 10.5 Å². The van der Waals surface area contributed by atoms with Crippen molar-refractivity contribution in [3.8, 4) is 0 Å². The van der Waals surface area contributed by atoms with Crippen LogP contribution in [0.4, 0.5) is 5.69 Å². The molecule has 118 valence electrons. The van der Waals surface area contributed by atoms with Crippen LogP contribution in [0.2, 0.25) is 0 Å². The molecule has 0 spiro atoms. The molecule has 0 heterocycles. The van der Waals surface area contributed by atoms with Crippen molar-refractivity contribution in [3.05, 3.63) is 28.7 Å². The molecule has 0 aliphatic heterocycles. The lowest BCUT2D eigenvalue weighted by atomic mass is 9.64. The molecule has 0 aromatic heterocycles. The van der Waals surface area contributed by atoms with E-state index in [-0.39, 0.29) is 16.7 Å². The average molecular weight is 365 g/mol. The molecule has 2 saturated carbocycles. The molecule has 2 aliphatic rings. The minimum atomic E-state index is -0.515. The normalized spacial score (nSPS) is 34.1. The smallest absolute Gasteiger partial charge is 0.231 e. The first-order valence-electron chi connectivity index (χ1n) is 7.56. The zero-order chi connectivity index (χ0) is 16.2. The fourth-order valence-corrected chi connectivity index (χ4v) is 4.72. The van der Waals surface area contributed by atoms with E-state index in [1.807, 2.05) is 24.3 Å². The number of carbonyl (C=O) groups is 1. The minimum Gasteiger partial charge on any atom is -0.411 e. The number of rotatable bonds is 2. The second kappa shape index (κ2) is 4.82. The molecule has 5 heteroatoms. The van der Waals surface area contributed by atoms with Crippen molar-refractivity contribution in [2.45, 2.75) is 40.0 Å². The standard InChI is InChI=1S/C17H21BrN2O2/c1-15(2)16(3)8-9-17(15,10-13(16)20-22)14(21)19-12-7-5-4-6-11(12)18/h4-7,22H,8-10H2,1-3H3,(H,19,21)/b20-13-/t16-,17-/m1/s1. The molecule has 3 rings (SSSR count). The molecule has 0 radical (unpaired) electrons.